The van der Waals surface area contributed by atoms with E-state index in [1.807, 2.05) is 36.4 Å². The number of carbonyl (C=O) groups excluding carboxylic acids is 1. The number of benzene rings is 3. The van der Waals surface area contributed by atoms with Crippen LogP contribution in [0, 0.1) is 0 Å². The molecule has 0 aliphatic rings. The van der Waals surface area contributed by atoms with E-state index in [0.29, 0.717) is 22.1 Å². The van der Waals surface area contributed by atoms with Crippen LogP contribution in [-0.2, 0) is 0 Å². The van der Waals surface area contributed by atoms with Gasteiger partial charge in [-0.1, -0.05) is 39.7 Å². The van der Waals surface area contributed by atoms with Crippen molar-refractivity contribution in [2.24, 2.45) is 0 Å². The van der Waals surface area contributed by atoms with Gasteiger partial charge in [0.2, 0.25) is 0 Å². The third-order valence-corrected chi connectivity index (χ3v) is 3.83. The molecule has 0 aliphatic carbocycles. The molecule has 0 saturated carbocycles. The Labute approximate surface area is 135 Å². The molecule has 4 heteroatoms. The van der Waals surface area contributed by atoms with Crippen molar-refractivity contribution in [1.29, 1.82) is 0 Å². The Morgan fingerprint density at radius 3 is 2.52 bits per heavy atom. The molecule has 3 rings (SSSR count). The lowest BCUT2D eigenvalue weighted by molar-refractivity contribution is 0.112. The van der Waals surface area contributed by atoms with E-state index in [4.69, 9.17) is 16.3 Å². The zero-order valence-corrected chi connectivity index (χ0v) is 13.2. The van der Waals surface area contributed by atoms with Gasteiger partial charge in [0.1, 0.15) is 11.5 Å². The van der Waals surface area contributed by atoms with Gasteiger partial charge in [-0.15, -0.1) is 0 Å². The van der Waals surface area contributed by atoms with Gasteiger partial charge < -0.3 is 4.74 Å². The van der Waals surface area contributed by atoms with Gasteiger partial charge in [-0.2, -0.15) is 0 Å². The summed E-state index contributed by atoms with van der Waals surface area (Å²) in [5.74, 6) is 1.11. The zero-order chi connectivity index (χ0) is 14.8. The molecule has 0 atom stereocenters. The number of rotatable bonds is 3. The van der Waals surface area contributed by atoms with Crippen LogP contribution < -0.4 is 4.74 Å². The predicted molar refractivity (Wildman–Crippen MR) is 88.6 cm³/mol. The number of ether oxygens (including phenoxy) is 1. The summed E-state index contributed by atoms with van der Waals surface area (Å²) in [5.41, 5.74) is 0.468. The van der Waals surface area contributed by atoms with Crippen molar-refractivity contribution < 1.29 is 9.53 Å². The van der Waals surface area contributed by atoms with E-state index in [0.717, 1.165) is 21.5 Å². The molecule has 21 heavy (non-hydrogen) atoms. The predicted octanol–water partition coefficient (Wildman–Crippen LogP) is 5.86. The maximum Gasteiger partial charge on any atom is 0.153 e. The van der Waals surface area contributed by atoms with Gasteiger partial charge in [0.15, 0.2) is 6.29 Å². The van der Waals surface area contributed by atoms with Gasteiger partial charge >= 0.3 is 0 Å². The topological polar surface area (TPSA) is 26.3 Å². The average molecular weight is 362 g/mol. The molecule has 2 nitrogen and oxygen atoms in total. The van der Waals surface area contributed by atoms with Crippen molar-refractivity contribution in [3.05, 3.63) is 69.7 Å². The first-order valence-corrected chi connectivity index (χ1v) is 7.45. The van der Waals surface area contributed by atoms with Crippen LogP contribution in [0.25, 0.3) is 10.8 Å². The van der Waals surface area contributed by atoms with Crippen LogP contribution in [0.3, 0.4) is 0 Å². The van der Waals surface area contributed by atoms with Crippen LogP contribution in [-0.4, -0.2) is 6.29 Å². The van der Waals surface area contributed by atoms with E-state index in [2.05, 4.69) is 15.9 Å². The summed E-state index contributed by atoms with van der Waals surface area (Å²) in [5, 5.41) is 2.70. The van der Waals surface area contributed by atoms with Gasteiger partial charge in [-0.3, -0.25) is 4.79 Å². The molecular weight excluding hydrogens is 352 g/mol. The monoisotopic (exact) mass is 360 g/mol. The number of hydrogen-bond acceptors (Lipinski definition) is 2. The molecule has 3 aromatic rings. The van der Waals surface area contributed by atoms with Gasteiger partial charge in [-0.05, 0) is 47.2 Å². The van der Waals surface area contributed by atoms with Crippen molar-refractivity contribution in [1.82, 2.24) is 0 Å². The van der Waals surface area contributed by atoms with Crippen LogP contribution in [0.15, 0.2) is 59.1 Å². The third kappa shape index (κ3) is 3.09. The van der Waals surface area contributed by atoms with Gasteiger partial charge in [0, 0.05) is 15.6 Å². The van der Waals surface area contributed by atoms with E-state index in [9.17, 15) is 4.79 Å². The SMILES string of the molecule is O=Cc1ccc(Cl)cc1Oc1ccc2cc(Br)ccc2c1. The Bertz CT molecular complexity index is 830. The summed E-state index contributed by atoms with van der Waals surface area (Å²) in [7, 11) is 0. The minimum absolute atomic E-state index is 0.453. The maximum atomic E-state index is 11.1. The fraction of sp³-hybridized carbons (Fsp3) is 0. The molecule has 0 saturated heterocycles. The summed E-state index contributed by atoms with van der Waals surface area (Å²) in [6.45, 7) is 0. The lowest BCUT2D eigenvalue weighted by atomic mass is 10.1. The maximum absolute atomic E-state index is 11.1. The van der Waals surface area contributed by atoms with Crippen LogP contribution in [0.4, 0.5) is 0 Å². The highest BCUT2D eigenvalue weighted by atomic mass is 79.9. The first-order chi connectivity index (χ1) is 10.2. The van der Waals surface area contributed by atoms with Gasteiger partial charge in [0.05, 0.1) is 5.56 Å². The molecule has 0 radical (unpaired) electrons. The Morgan fingerprint density at radius 2 is 1.71 bits per heavy atom. The largest absolute Gasteiger partial charge is 0.457 e. The second-order valence-electron chi connectivity index (χ2n) is 4.56. The minimum Gasteiger partial charge on any atom is -0.457 e. The van der Waals surface area contributed by atoms with E-state index in [1.54, 1.807) is 18.2 Å². The van der Waals surface area contributed by atoms with E-state index >= 15 is 0 Å². The molecule has 0 spiro atoms. The van der Waals surface area contributed by atoms with Gasteiger partial charge in [0.25, 0.3) is 0 Å². The minimum atomic E-state index is 0.453. The van der Waals surface area contributed by atoms with Crippen LogP contribution in [0.1, 0.15) is 10.4 Å². The second kappa shape index (κ2) is 5.88. The van der Waals surface area contributed by atoms with Crippen LogP contribution in [0.2, 0.25) is 5.02 Å². The number of halogens is 2. The van der Waals surface area contributed by atoms with Crippen LogP contribution >= 0.6 is 27.5 Å². The molecule has 0 aromatic heterocycles. The Balaban J connectivity index is 2.00. The molecule has 0 aliphatic heterocycles. The summed E-state index contributed by atoms with van der Waals surface area (Å²) < 4.78 is 6.82. The Morgan fingerprint density at radius 1 is 0.952 bits per heavy atom. The van der Waals surface area contributed by atoms with E-state index < -0.39 is 0 Å². The molecule has 3 aromatic carbocycles. The number of carbonyl (C=O) groups is 1. The van der Waals surface area contributed by atoms with Crippen molar-refractivity contribution in [2.75, 3.05) is 0 Å². The lowest BCUT2D eigenvalue weighted by Crippen LogP contribution is -1.90. The standard InChI is InChI=1S/C17H10BrClO2/c18-14-4-1-12-8-16(6-3-11(12)7-14)21-17-9-15(19)5-2-13(17)10-20/h1-10H. The second-order valence-corrected chi connectivity index (χ2v) is 5.91. The molecule has 0 N–H and O–H groups in total. The first-order valence-electron chi connectivity index (χ1n) is 6.27. The average Bonchev–Trinajstić information content (AvgIpc) is 2.48. The molecule has 0 bridgehead atoms. The third-order valence-electron chi connectivity index (χ3n) is 3.10. The fourth-order valence-corrected chi connectivity index (χ4v) is 2.62. The van der Waals surface area contributed by atoms with Crippen molar-refractivity contribution in [3.8, 4) is 11.5 Å². The van der Waals surface area contributed by atoms with Crippen LogP contribution in [0.5, 0.6) is 11.5 Å². The molecular formula is C17H10BrClO2. The summed E-state index contributed by atoms with van der Waals surface area (Å²) >= 11 is 9.40. The Hall–Kier alpha value is -1.84. The number of hydrogen-bond donors (Lipinski definition) is 0. The molecule has 0 heterocycles. The molecule has 104 valence electrons. The highest BCUT2D eigenvalue weighted by Crippen LogP contribution is 2.30. The molecule has 0 unspecified atom stereocenters. The fourth-order valence-electron chi connectivity index (χ4n) is 2.08. The zero-order valence-electron chi connectivity index (χ0n) is 10.8. The molecule has 0 fully saturated rings. The highest BCUT2D eigenvalue weighted by Gasteiger charge is 2.06. The van der Waals surface area contributed by atoms with E-state index in [1.165, 1.54) is 0 Å². The van der Waals surface area contributed by atoms with E-state index in [-0.39, 0.29) is 0 Å². The molecule has 0 amide bonds. The Kier molecular flexibility index (Phi) is 3.95. The van der Waals surface area contributed by atoms with Crippen molar-refractivity contribution in [3.63, 3.8) is 0 Å². The summed E-state index contributed by atoms with van der Waals surface area (Å²) in [6.07, 6.45) is 0.754. The first kappa shape index (κ1) is 14.1. The van der Waals surface area contributed by atoms with Crippen molar-refractivity contribution >= 4 is 44.6 Å². The number of fused-ring (bicyclic) bond motifs is 1. The normalized spacial score (nSPS) is 10.6. The smallest absolute Gasteiger partial charge is 0.153 e. The highest BCUT2D eigenvalue weighted by molar-refractivity contribution is 9.10. The summed E-state index contributed by atoms with van der Waals surface area (Å²) in [6, 6.07) is 16.7. The quantitative estimate of drug-likeness (QED) is 0.546. The van der Waals surface area contributed by atoms with Crippen molar-refractivity contribution in [2.45, 2.75) is 0 Å². The lowest BCUT2D eigenvalue weighted by Gasteiger charge is -2.09. The summed E-state index contributed by atoms with van der Waals surface area (Å²) in [4.78, 5) is 11.1. The van der Waals surface area contributed by atoms with Gasteiger partial charge in [-0.25, -0.2) is 0 Å². The number of aldehydes is 1.